The third-order valence-electron chi connectivity index (χ3n) is 2.58. The van der Waals surface area contributed by atoms with Crippen LogP contribution >= 0.6 is 0 Å². The first-order valence-electron chi connectivity index (χ1n) is 5.71. The molecule has 0 aliphatic carbocycles. The second-order valence-electron chi connectivity index (χ2n) is 4.59. The molecule has 84 valence electrons. The molecule has 1 heterocycles. The molecule has 3 heteroatoms. The van der Waals surface area contributed by atoms with E-state index in [1.807, 2.05) is 0 Å². The second kappa shape index (κ2) is 5.69. The number of nitrogens with one attached hydrogen (secondary N) is 1. The summed E-state index contributed by atoms with van der Waals surface area (Å²) in [7, 11) is 0. The highest BCUT2D eigenvalue weighted by atomic mass is 16.5. The first-order valence-corrected chi connectivity index (χ1v) is 5.71. The van der Waals surface area contributed by atoms with Crippen molar-refractivity contribution in [3.8, 4) is 0 Å². The molecule has 14 heavy (non-hydrogen) atoms. The Kier molecular flexibility index (Phi) is 4.85. The van der Waals surface area contributed by atoms with Gasteiger partial charge in [0.1, 0.15) is 0 Å². The van der Waals surface area contributed by atoms with Crippen LogP contribution in [0.3, 0.4) is 0 Å². The van der Waals surface area contributed by atoms with Gasteiger partial charge in [0.25, 0.3) is 0 Å². The zero-order valence-electron chi connectivity index (χ0n) is 9.81. The fourth-order valence-electron chi connectivity index (χ4n) is 1.91. The molecule has 0 aromatic heterocycles. The van der Waals surface area contributed by atoms with Crippen molar-refractivity contribution >= 4 is 0 Å². The van der Waals surface area contributed by atoms with E-state index in [0.717, 1.165) is 32.8 Å². The summed E-state index contributed by atoms with van der Waals surface area (Å²) < 4.78 is 5.67. The average molecular weight is 200 g/mol. The van der Waals surface area contributed by atoms with Gasteiger partial charge in [0, 0.05) is 13.1 Å². The topological polar surface area (TPSA) is 24.5 Å². The van der Waals surface area contributed by atoms with Gasteiger partial charge in [-0.2, -0.15) is 0 Å². The Hall–Kier alpha value is -0.120. The van der Waals surface area contributed by atoms with Crippen LogP contribution in [0.25, 0.3) is 0 Å². The van der Waals surface area contributed by atoms with Gasteiger partial charge in [-0.15, -0.1) is 0 Å². The first-order chi connectivity index (χ1) is 6.64. The van der Waals surface area contributed by atoms with E-state index in [1.54, 1.807) is 0 Å². The van der Waals surface area contributed by atoms with Gasteiger partial charge in [-0.3, -0.25) is 4.90 Å². The molecule has 1 saturated heterocycles. The number of morpholine rings is 1. The Morgan fingerprint density at radius 1 is 1.43 bits per heavy atom. The van der Waals surface area contributed by atoms with Gasteiger partial charge in [-0.25, -0.2) is 0 Å². The summed E-state index contributed by atoms with van der Waals surface area (Å²) in [5, 5.41) is 3.35. The largest absolute Gasteiger partial charge is 0.373 e. The van der Waals surface area contributed by atoms with E-state index in [1.165, 1.54) is 13.0 Å². The standard InChI is InChI=1S/C11H24N2O/c1-4-12-6-5-7-13-8-9-14-11(2,3)10-13/h12H,4-10H2,1-3H3. The maximum Gasteiger partial charge on any atom is 0.0753 e. The summed E-state index contributed by atoms with van der Waals surface area (Å²) >= 11 is 0. The molecule has 0 bridgehead atoms. The van der Waals surface area contributed by atoms with Crippen LogP contribution in [0.15, 0.2) is 0 Å². The van der Waals surface area contributed by atoms with Crippen LogP contribution in [0.1, 0.15) is 27.2 Å². The van der Waals surface area contributed by atoms with Crippen molar-refractivity contribution in [3.63, 3.8) is 0 Å². The number of hydrogen-bond donors (Lipinski definition) is 1. The highest BCUT2D eigenvalue weighted by Crippen LogP contribution is 2.16. The van der Waals surface area contributed by atoms with E-state index >= 15 is 0 Å². The van der Waals surface area contributed by atoms with Crippen molar-refractivity contribution < 1.29 is 4.74 Å². The van der Waals surface area contributed by atoms with Gasteiger partial charge in [0.2, 0.25) is 0 Å². The van der Waals surface area contributed by atoms with Gasteiger partial charge in [0.05, 0.1) is 12.2 Å². The van der Waals surface area contributed by atoms with Crippen LogP contribution in [0.5, 0.6) is 0 Å². The molecule has 0 spiro atoms. The van der Waals surface area contributed by atoms with E-state index < -0.39 is 0 Å². The minimum absolute atomic E-state index is 0.0520. The van der Waals surface area contributed by atoms with Crippen molar-refractivity contribution in [2.24, 2.45) is 0 Å². The van der Waals surface area contributed by atoms with Gasteiger partial charge >= 0.3 is 0 Å². The monoisotopic (exact) mass is 200 g/mol. The summed E-state index contributed by atoms with van der Waals surface area (Å²) in [4.78, 5) is 2.50. The smallest absolute Gasteiger partial charge is 0.0753 e. The molecule has 1 aliphatic heterocycles. The third kappa shape index (κ3) is 4.40. The van der Waals surface area contributed by atoms with Crippen LogP contribution in [0, 0.1) is 0 Å². The Bertz CT molecular complexity index is 159. The third-order valence-corrected chi connectivity index (χ3v) is 2.58. The Morgan fingerprint density at radius 3 is 2.86 bits per heavy atom. The molecular weight excluding hydrogens is 176 g/mol. The molecule has 1 fully saturated rings. The van der Waals surface area contributed by atoms with Gasteiger partial charge in [-0.05, 0) is 39.9 Å². The molecule has 0 aromatic rings. The summed E-state index contributed by atoms with van der Waals surface area (Å²) in [5.74, 6) is 0. The Balaban J connectivity index is 2.12. The summed E-state index contributed by atoms with van der Waals surface area (Å²) in [6, 6.07) is 0. The minimum Gasteiger partial charge on any atom is -0.373 e. The van der Waals surface area contributed by atoms with E-state index in [4.69, 9.17) is 4.74 Å². The number of hydrogen-bond acceptors (Lipinski definition) is 3. The van der Waals surface area contributed by atoms with Crippen molar-refractivity contribution in [2.75, 3.05) is 39.3 Å². The van der Waals surface area contributed by atoms with Crippen molar-refractivity contribution in [2.45, 2.75) is 32.8 Å². The van der Waals surface area contributed by atoms with Gasteiger partial charge < -0.3 is 10.1 Å². The van der Waals surface area contributed by atoms with Crippen LogP contribution in [0.2, 0.25) is 0 Å². The zero-order chi connectivity index (χ0) is 10.4. The summed E-state index contributed by atoms with van der Waals surface area (Å²) in [6.07, 6.45) is 1.24. The lowest BCUT2D eigenvalue weighted by Crippen LogP contribution is -2.48. The molecule has 1 N–H and O–H groups in total. The lowest BCUT2D eigenvalue weighted by molar-refractivity contribution is -0.0859. The van der Waals surface area contributed by atoms with Crippen LogP contribution < -0.4 is 5.32 Å². The molecule has 0 atom stereocenters. The summed E-state index contributed by atoms with van der Waals surface area (Å²) in [5.41, 5.74) is 0.0520. The van der Waals surface area contributed by atoms with Crippen molar-refractivity contribution in [3.05, 3.63) is 0 Å². The van der Waals surface area contributed by atoms with E-state index in [2.05, 4.69) is 31.0 Å². The van der Waals surface area contributed by atoms with Crippen LogP contribution in [-0.2, 0) is 4.74 Å². The number of ether oxygens (including phenoxy) is 1. The van der Waals surface area contributed by atoms with Crippen LogP contribution in [0.4, 0.5) is 0 Å². The normalized spacial score (nSPS) is 22.5. The molecule has 0 saturated carbocycles. The lowest BCUT2D eigenvalue weighted by atomic mass is 10.1. The molecule has 1 rings (SSSR count). The number of rotatable bonds is 5. The van der Waals surface area contributed by atoms with Crippen LogP contribution in [-0.4, -0.2) is 49.8 Å². The van der Waals surface area contributed by atoms with E-state index in [-0.39, 0.29) is 5.60 Å². The molecule has 0 unspecified atom stereocenters. The molecule has 0 radical (unpaired) electrons. The van der Waals surface area contributed by atoms with Gasteiger partial charge in [0.15, 0.2) is 0 Å². The number of nitrogens with zero attached hydrogens (tertiary/aromatic N) is 1. The molecule has 3 nitrogen and oxygen atoms in total. The van der Waals surface area contributed by atoms with Crippen molar-refractivity contribution in [1.29, 1.82) is 0 Å². The SMILES string of the molecule is CCNCCCN1CCOC(C)(C)C1. The van der Waals surface area contributed by atoms with E-state index in [0.29, 0.717) is 0 Å². The quantitative estimate of drug-likeness (QED) is 0.673. The minimum atomic E-state index is 0.0520. The molecule has 0 aromatic carbocycles. The highest BCUT2D eigenvalue weighted by molar-refractivity contribution is 4.78. The summed E-state index contributed by atoms with van der Waals surface area (Å²) in [6.45, 7) is 12.9. The highest BCUT2D eigenvalue weighted by Gasteiger charge is 2.26. The lowest BCUT2D eigenvalue weighted by Gasteiger charge is -2.38. The zero-order valence-corrected chi connectivity index (χ0v) is 9.81. The first kappa shape index (κ1) is 12.0. The maximum absolute atomic E-state index is 5.67. The second-order valence-corrected chi connectivity index (χ2v) is 4.59. The van der Waals surface area contributed by atoms with E-state index in [9.17, 15) is 0 Å². The Morgan fingerprint density at radius 2 is 2.21 bits per heavy atom. The fourth-order valence-corrected chi connectivity index (χ4v) is 1.91. The maximum atomic E-state index is 5.67. The molecule has 0 amide bonds. The average Bonchev–Trinajstić information content (AvgIpc) is 2.11. The van der Waals surface area contributed by atoms with Crippen molar-refractivity contribution in [1.82, 2.24) is 10.2 Å². The van der Waals surface area contributed by atoms with Gasteiger partial charge in [-0.1, -0.05) is 6.92 Å². The Labute approximate surface area is 87.8 Å². The predicted octanol–water partition coefficient (Wildman–Crippen LogP) is 1.10. The molecular formula is C11H24N2O. The predicted molar refractivity (Wildman–Crippen MR) is 59.6 cm³/mol. The fraction of sp³-hybridized carbons (Fsp3) is 1.00. The molecule has 1 aliphatic rings.